The molecule has 0 radical (unpaired) electrons. The summed E-state index contributed by atoms with van der Waals surface area (Å²) < 4.78 is 11.8. The summed E-state index contributed by atoms with van der Waals surface area (Å²) in [5.74, 6) is 1.74. The van der Waals surface area contributed by atoms with Crippen molar-refractivity contribution in [3.05, 3.63) is 72.1 Å². The van der Waals surface area contributed by atoms with E-state index < -0.39 is 0 Å². The zero-order valence-electron chi connectivity index (χ0n) is 20.4. The van der Waals surface area contributed by atoms with E-state index in [-0.39, 0.29) is 12.2 Å². The third-order valence-corrected chi connectivity index (χ3v) is 6.51. The minimum absolute atomic E-state index is 0.176. The van der Waals surface area contributed by atoms with Gasteiger partial charge in [-0.2, -0.15) is 5.26 Å². The largest absolute Gasteiger partial charge is 0.495 e. The topological polar surface area (TPSA) is 71.3 Å². The van der Waals surface area contributed by atoms with Gasteiger partial charge in [-0.25, -0.2) is 4.98 Å². The Bertz CT molecular complexity index is 1420. The van der Waals surface area contributed by atoms with E-state index in [1.807, 2.05) is 54.9 Å². The van der Waals surface area contributed by atoms with Gasteiger partial charge in [0, 0.05) is 47.6 Å². The number of pyridine rings is 2. The van der Waals surface area contributed by atoms with E-state index in [0.29, 0.717) is 5.56 Å². The van der Waals surface area contributed by atoms with Gasteiger partial charge < -0.3 is 14.4 Å². The van der Waals surface area contributed by atoms with E-state index >= 15 is 0 Å². The van der Waals surface area contributed by atoms with Gasteiger partial charge in [-0.1, -0.05) is 24.3 Å². The van der Waals surface area contributed by atoms with Crippen molar-refractivity contribution in [2.45, 2.75) is 33.0 Å². The molecule has 4 aromatic rings. The maximum Gasteiger partial charge on any atom is 0.137 e. The molecule has 0 spiro atoms. The van der Waals surface area contributed by atoms with Crippen LogP contribution >= 0.6 is 0 Å². The molecular weight excluding hydrogens is 436 g/mol. The van der Waals surface area contributed by atoms with Crippen LogP contribution in [0.15, 0.2) is 60.9 Å². The number of morpholine rings is 1. The van der Waals surface area contributed by atoms with E-state index in [4.69, 9.17) is 24.7 Å². The Morgan fingerprint density at radius 1 is 0.971 bits per heavy atom. The molecule has 0 bridgehead atoms. The second kappa shape index (κ2) is 9.36. The summed E-state index contributed by atoms with van der Waals surface area (Å²) in [7, 11) is 1.69. The summed E-state index contributed by atoms with van der Waals surface area (Å²) >= 11 is 0. The van der Waals surface area contributed by atoms with Crippen molar-refractivity contribution in [3.63, 3.8) is 0 Å². The first-order valence-corrected chi connectivity index (χ1v) is 11.8. The quantitative estimate of drug-likeness (QED) is 0.382. The minimum Gasteiger partial charge on any atom is -0.495 e. The van der Waals surface area contributed by atoms with E-state index in [1.165, 1.54) is 0 Å². The van der Waals surface area contributed by atoms with Gasteiger partial charge in [0.1, 0.15) is 11.6 Å². The molecule has 5 rings (SSSR count). The number of ether oxygens (including phenoxy) is 2. The molecule has 1 saturated heterocycles. The summed E-state index contributed by atoms with van der Waals surface area (Å²) in [6.45, 7) is 7.96. The van der Waals surface area contributed by atoms with Gasteiger partial charge >= 0.3 is 0 Å². The van der Waals surface area contributed by atoms with Crippen LogP contribution in [-0.4, -0.2) is 42.4 Å². The number of benzene rings is 2. The summed E-state index contributed by atoms with van der Waals surface area (Å²) in [5, 5.41) is 10.1. The predicted octanol–water partition coefficient (Wildman–Crippen LogP) is 5.77. The number of rotatable bonds is 4. The number of aromatic nitrogens is 2. The molecule has 0 amide bonds. The first-order chi connectivity index (χ1) is 17.0. The molecule has 6 nitrogen and oxygen atoms in total. The van der Waals surface area contributed by atoms with Crippen molar-refractivity contribution in [2.24, 2.45) is 0 Å². The van der Waals surface area contributed by atoms with E-state index in [2.05, 4.69) is 37.8 Å². The van der Waals surface area contributed by atoms with Crippen molar-refractivity contribution >= 4 is 16.7 Å². The number of anilines is 1. The van der Waals surface area contributed by atoms with Crippen molar-refractivity contribution in [3.8, 4) is 34.1 Å². The Hall–Kier alpha value is -3.95. The van der Waals surface area contributed by atoms with Gasteiger partial charge in [0.25, 0.3) is 0 Å². The van der Waals surface area contributed by atoms with Crippen LogP contribution in [0.1, 0.15) is 25.0 Å². The summed E-state index contributed by atoms with van der Waals surface area (Å²) in [6.07, 6.45) is 4.15. The lowest BCUT2D eigenvalue weighted by atomic mass is 9.97. The fourth-order valence-corrected chi connectivity index (χ4v) is 4.93. The molecule has 0 unspecified atom stereocenters. The normalized spacial score (nSPS) is 17.9. The highest BCUT2D eigenvalue weighted by Gasteiger charge is 2.24. The first kappa shape index (κ1) is 22.8. The Morgan fingerprint density at radius 3 is 2.34 bits per heavy atom. The Kier molecular flexibility index (Phi) is 6.10. The standard InChI is InChI=1S/C29H28N4O2/c1-18-12-27(33-16-19(2)35-20(3)17-33)31-14-25(18)26-15-32-28-23(6-5-7-24(28)29(26)34-4)22-10-8-21(13-30)9-11-22/h5-12,14-15,19-20H,16-17H2,1-4H3/t19-,20+. The maximum absolute atomic E-state index is 9.12. The molecule has 176 valence electrons. The molecule has 35 heavy (non-hydrogen) atoms. The fraction of sp³-hybridized carbons (Fsp3) is 0.276. The molecule has 2 aromatic carbocycles. The van der Waals surface area contributed by atoms with Crippen molar-refractivity contribution < 1.29 is 9.47 Å². The van der Waals surface area contributed by atoms with Crippen molar-refractivity contribution in [1.29, 1.82) is 5.26 Å². The molecule has 1 fully saturated rings. The molecule has 0 N–H and O–H groups in total. The average Bonchev–Trinajstić information content (AvgIpc) is 2.87. The third kappa shape index (κ3) is 4.31. The van der Waals surface area contributed by atoms with Crippen molar-refractivity contribution in [2.75, 3.05) is 25.1 Å². The summed E-state index contributed by atoms with van der Waals surface area (Å²) in [4.78, 5) is 12.0. The number of aryl methyl sites for hydroxylation is 1. The monoisotopic (exact) mass is 464 g/mol. The van der Waals surface area contributed by atoms with E-state index in [1.54, 1.807) is 7.11 Å². The lowest BCUT2D eigenvalue weighted by Gasteiger charge is -2.36. The zero-order chi connectivity index (χ0) is 24.5. The molecule has 2 aromatic heterocycles. The number of para-hydroxylation sites is 1. The molecule has 2 atom stereocenters. The number of hydrogen-bond donors (Lipinski definition) is 0. The molecule has 3 heterocycles. The Labute approximate surface area is 205 Å². The molecule has 1 aliphatic rings. The highest BCUT2D eigenvalue weighted by Crippen LogP contribution is 2.40. The smallest absolute Gasteiger partial charge is 0.137 e. The van der Waals surface area contributed by atoms with Gasteiger partial charge in [0.2, 0.25) is 0 Å². The fourth-order valence-electron chi connectivity index (χ4n) is 4.93. The number of hydrogen-bond acceptors (Lipinski definition) is 6. The number of nitriles is 1. The molecule has 0 saturated carbocycles. The van der Waals surface area contributed by atoms with Crippen LogP contribution in [0.4, 0.5) is 5.82 Å². The van der Waals surface area contributed by atoms with Crippen LogP contribution in [0.3, 0.4) is 0 Å². The number of fused-ring (bicyclic) bond motifs is 1. The third-order valence-electron chi connectivity index (χ3n) is 6.51. The SMILES string of the molecule is COc1c(-c2cnc(N3C[C@@H](C)O[C@@H](C)C3)cc2C)cnc2c(-c3ccc(C#N)cc3)cccc12. The molecular formula is C29H28N4O2. The highest BCUT2D eigenvalue weighted by molar-refractivity contribution is 6.00. The Balaban J connectivity index is 1.56. The summed E-state index contributed by atoms with van der Waals surface area (Å²) in [6, 6.07) is 18.0. The van der Waals surface area contributed by atoms with Gasteiger partial charge in [0.05, 0.1) is 36.5 Å². The van der Waals surface area contributed by atoms with Gasteiger partial charge in [0.15, 0.2) is 0 Å². The van der Waals surface area contributed by atoms with Gasteiger partial charge in [-0.05, 0) is 56.2 Å². The first-order valence-electron chi connectivity index (χ1n) is 11.8. The van der Waals surface area contributed by atoms with Crippen LogP contribution in [0.5, 0.6) is 5.75 Å². The van der Waals surface area contributed by atoms with Gasteiger partial charge in [-0.3, -0.25) is 4.98 Å². The zero-order valence-corrected chi connectivity index (χ0v) is 20.4. The number of methoxy groups -OCH3 is 1. The second-order valence-corrected chi connectivity index (χ2v) is 9.12. The van der Waals surface area contributed by atoms with E-state index in [0.717, 1.165) is 63.4 Å². The van der Waals surface area contributed by atoms with Crippen LogP contribution < -0.4 is 9.64 Å². The van der Waals surface area contributed by atoms with Crippen molar-refractivity contribution in [1.82, 2.24) is 9.97 Å². The highest BCUT2D eigenvalue weighted by atomic mass is 16.5. The summed E-state index contributed by atoms with van der Waals surface area (Å²) in [5.41, 5.74) is 6.52. The lowest BCUT2D eigenvalue weighted by molar-refractivity contribution is -0.00546. The lowest BCUT2D eigenvalue weighted by Crippen LogP contribution is -2.45. The van der Waals surface area contributed by atoms with Crippen LogP contribution in [-0.2, 0) is 4.74 Å². The second-order valence-electron chi connectivity index (χ2n) is 9.12. The number of nitrogens with zero attached hydrogens (tertiary/aromatic N) is 4. The predicted molar refractivity (Wildman–Crippen MR) is 139 cm³/mol. The minimum atomic E-state index is 0.176. The van der Waals surface area contributed by atoms with Crippen LogP contribution in [0.2, 0.25) is 0 Å². The average molecular weight is 465 g/mol. The molecule has 0 aliphatic carbocycles. The maximum atomic E-state index is 9.12. The van der Waals surface area contributed by atoms with Gasteiger partial charge in [-0.15, -0.1) is 0 Å². The van der Waals surface area contributed by atoms with Crippen LogP contribution in [0, 0.1) is 18.3 Å². The molecule has 1 aliphatic heterocycles. The Morgan fingerprint density at radius 2 is 1.69 bits per heavy atom. The van der Waals surface area contributed by atoms with E-state index in [9.17, 15) is 0 Å². The molecule has 6 heteroatoms. The van der Waals surface area contributed by atoms with Crippen LogP contribution in [0.25, 0.3) is 33.2 Å².